The van der Waals surface area contributed by atoms with Crippen LogP contribution in [0.5, 0.6) is 23.0 Å². The first-order valence-electron chi connectivity index (χ1n) is 11.6. The molecule has 188 valence electrons. The smallest absolute Gasteiger partial charge is 0.230 e. The summed E-state index contributed by atoms with van der Waals surface area (Å²) in [6, 6.07) is 19.4. The fourth-order valence-corrected chi connectivity index (χ4v) is 4.61. The molecule has 1 saturated heterocycles. The van der Waals surface area contributed by atoms with Gasteiger partial charge >= 0.3 is 0 Å². The third-order valence-corrected chi connectivity index (χ3v) is 6.40. The van der Waals surface area contributed by atoms with Crippen LogP contribution in [0.2, 0.25) is 0 Å². The quantitative estimate of drug-likeness (QED) is 0.486. The Morgan fingerprint density at radius 3 is 2.19 bits per heavy atom. The highest BCUT2D eigenvalue weighted by Gasteiger charge is 2.42. The number of anilines is 2. The summed E-state index contributed by atoms with van der Waals surface area (Å²) in [6.45, 7) is 0. The maximum atomic E-state index is 13.7. The van der Waals surface area contributed by atoms with Crippen molar-refractivity contribution in [1.82, 2.24) is 0 Å². The minimum absolute atomic E-state index is 0.0682. The van der Waals surface area contributed by atoms with E-state index in [0.29, 0.717) is 40.8 Å². The lowest BCUT2D eigenvalue weighted by Crippen LogP contribution is -2.47. The highest BCUT2D eigenvalue weighted by atomic mass is 16.5. The Morgan fingerprint density at radius 2 is 1.53 bits per heavy atom. The van der Waals surface area contributed by atoms with E-state index in [1.54, 1.807) is 63.7 Å². The van der Waals surface area contributed by atoms with Crippen LogP contribution < -0.4 is 29.2 Å². The summed E-state index contributed by atoms with van der Waals surface area (Å²) in [5.74, 6) is 1.52. The number of methoxy groups -OCH3 is 4. The third kappa shape index (κ3) is 4.93. The predicted molar refractivity (Wildman–Crippen MR) is 137 cm³/mol. The van der Waals surface area contributed by atoms with E-state index in [0.717, 1.165) is 5.56 Å². The summed E-state index contributed by atoms with van der Waals surface area (Å²) in [6.07, 6.45) is 0.630. The molecule has 2 amide bonds. The second-order valence-corrected chi connectivity index (χ2v) is 8.36. The SMILES string of the molecule is COc1ccc(N2C(=O)CCC(C(=O)Nc3ccccc3OC)C2c2ccc(OC)c(OC)c2)cc1. The number of nitrogens with one attached hydrogen (secondary N) is 1. The maximum absolute atomic E-state index is 13.7. The number of ether oxygens (including phenoxy) is 4. The number of benzene rings is 3. The van der Waals surface area contributed by atoms with Crippen LogP contribution in [0.3, 0.4) is 0 Å². The molecule has 3 aromatic carbocycles. The molecule has 36 heavy (non-hydrogen) atoms. The van der Waals surface area contributed by atoms with Crippen molar-refractivity contribution in [3.63, 3.8) is 0 Å². The molecular formula is C28H30N2O6. The van der Waals surface area contributed by atoms with Gasteiger partial charge in [0, 0.05) is 12.1 Å². The number of nitrogens with zero attached hydrogens (tertiary/aromatic N) is 1. The van der Waals surface area contributed by atoms with E-state index in [-0.39, 0.29) is 18.2 Å². The largest absolute Gasteiger partial charge is 0.497 e. The monoisotopic (exact) mass is 490 g/mol. The molecule has 8 heteroatoms. The van der Waals surface area contributed by atoms with E-state index >= 15 is 0 Å². The van der Waals surface area contributed by atoms with Gasteiger partial charge in [0.2, 0.25) is 11.8 Å². The highest BCUT2D eigenvalue weighted by Crippen LogP contribution is 2.43. The minimum Gasteiger partial charge on any atom is -0.497 e. The molecule has 2 atom stereocenters. The normalized spacial score (nSPS) is 17.3. The van der Waals surface area contributed by atoms with Crippen molar-refractivity contribution in [2.45, 2.75) is 18.9 Å². The van der Waals surface area contributed by atoms with Gasteiger partial charge in [-0.3, -0.25) is 9.59 Å². The van der Waals surface area contributed by atoms with Crippen LogP contribution in [0.15, 0.2) is 66.7 Å². The lowest BCUT2D eigenvalue weighted by atomic mass is 9.83. The summed E-state index contributed by atoms with van der Waals surface area (Å²) < 4.78 is 21.6. The lowest BCUT2D eigenvalue weighted by molar-refractivity contribution is -0.126. The molecule has 1 heterocycles. The Bertz CT molecular complexity index is 1230. The van der Waals surface area contributed by atoms with Crippen LogP contribution in [-0.2, 0) is 9.59 Å². The van der Waals surface area contributed by atoms with E-state index < -0.39 is 12.0 Å². The number of hydrogen-bond donors (Lipinski definition) is 1. The molecule has 1 N–H and O–H groups in total. The topological polar surface area (TPSA) is 86.3 Å². The van der Waals surface area contributed by atoms with Gasteiger partial charge in [-0.15, -0.1) is 0 Å². The van der Waals surface area contributed by atoms with Crippen molar-refractivity contribution in [3.8, 4) is 23.0 Å². The number of amides is 2. The molecule has 0 bridgehead atoms. The first kappa shape index (κ1) is 24.9. The molecule has 0 aromatic heterocycles. The average molecular weight is 491 g/mol. The van der Waals surface area contributed by atoms with Crippen molar-refractivity contribution in [1.29, 1.82) is 0 Å². The minimum atomic E-state index is -0.575. The van der Waals surface area contributed by atoms with Gasteiger partial charge < -0.3 is 29.2 Å². The van der Waals surface area contributed by atoms with Gasteiger partial charge in [-0.2, -0.15) is 0 Å². The summed E-state index contributed by atoms with van der Waals surface area (Å²) in [7, 11) is 6.27. The van der Waals surface area contributed by atoms with Gasteiger partial charge in [0.25, 0.3) is 0 Å². The molecule has 0 radical (unpaired) electrons. The summed E-state index contributed by atoms with van der Waals surface area (Å²) in [5.41, 5.74) is 2.01. The molecule has 8 nitrogen and oxygen atoms in total. The number of hydrogen-bond acceptors (Lipinski definition) is 6. The summed E-state index contributed by atoms with van der Waals surface area (Å²) >= 11 is 0. The van der Waals surface area contributed by atoms with Crippen LogP contribution in [0.4, 0.5) is 11.4 Å². The number of carbonyl (C=O) groups excluding carboxylic acids is 2. The molecular weight excluding hydrogens is 460 g/mol. The Kier molecular flexibility index (Phi) is 7.63. The van der Waals surface area contributed by atoms with E-state index in [1.807, 2.05) is 36.4 Å². The highest BCUT2D eigenvalue weighted by molar-refractivity contribution is 6.00. The molecule has 3 aromatic rings. The maximum Gasteiger partial charge on any atom is 0.230 e. The molecule has 1 aliphatic heterocycles. The molecule has 0 spiro atoms. The van der Waals surface area contributed by atoms with E-state index in [4.69, 9.17) is 18.9 Å². The van der Waals surface area contributed by atoms with Gasteiger partial charge in [0.15, 0.2) is 11.5 Å². The zero-order valence-corrected chi connectivity index (χ0v) is 20.8. The zero-order chi connectivity index (χ0) is 25.7. The lowest BCUT2D eigenvalue weighted by Gasteiger charge is -2.41. The number of piperidine rings is 1. The van der Waals surface area contributed by atoms with Crippen LogP contribution in [0.1, 0.15) is 24.4 Å². The van der Waals surface area contributed by atoms with Gasteiger partial charge in [0.05, 0.1) is 46.1 Å². The average Bonchev–Trinajstić information content (AvgIpc) is 2.92. The summed E-state index contributed by atoms with van der Waals surface area (Å²) in [4.78, 5) is 28.7. The van der Waals surface area contributed by atoms with Crippen LogP contribution in [0, 0.1) is 5.92 Å². The Labute approximate surface area is 210 Å². The van der Waals surface area contributed by atoms with E-state index in [2.05, 4.69) is 5.32 Å². The van der Waals surface area contributed by atoms with Crippen molar-refractivity contribution >= 4 is 23.2 Å². The van der Waals surface area contributed by atoms with E-state index in [9.17, 15) is 9.59 Å². The molecule has 0 aliphatic carbocycles. The molecule has 1 fully saturated rings. The predicted octanol–water partition coefficient (Wildman–Crippen LogP) is 4.84. The Morgan fingerprint density at radius 1 is 0.833 bits per heavy atom. The second kappa shape index (κ2) is 11.0. The van der Waals surface area contributed by atoms with Gasteiger partial charge in [0.1, 0.15) is 11.5 Å². The van der Waals surface area contributed by atoms with Crippen molar-refractivity contribution in [2.24, 2.45) is 5.92 Å². The fraction of sp³-hybridized carbons (Fsp3) is 0.286. The fourth-order valence-electron chi connectivity index (χ4n) is 4.61. The van der Waals surface area contributed by atoms with Crippen LogP contribution >= 0.6 is 0 Å². The molecule has 2 unspecified atom stereocenters. The van der Waals surface area contributed by atoms with E-state index in [1.165, 1.54) is 0 Å². The second-order valence-electron chi connectivity index (χ2n) is 8.36. The van der Waals surface area contributed by atoms with Crippen molar-refractivity contribution < 1.29 is 28.5 Å². The molecule has 0 saturated carbocycles. The van der Waals surface area contributed by atoms with Crippen molar-refractivity contribution in [3.05, 3.63) is 72.3 Å². The first-order chi connectivity index (χ1) is 17.5. The Balaban J connectivity index is 1.78. The number of rotatable bonds is 8. The third-order valence-electron chi connectivity index (χ3n) is 6.40. The standard InChI is InChI=1S/C28H30N2O6/c1-33-20-12-10-19(11-13-20)30-26(31)16-14-21(28(32)29-22-7-5-6-8-23(22)34-2)27(30)18-9-15-24(35-3)25(17-18)36-4/h5-13,15,17,21,27H,14,16H2,1-4H3,(H,29,32). The van der Waals surface area contributed by atoms with Crippen LogP contribution in [-0.4, -0.2) is 40.3 Å². The Hall–Kier alpha value is -4.20. The van der Waals surface area contributed by atoms with Crippen LogP contribution in [0.25, 0.3) is 0 Å². The molecule has 1 aliphatic rings. The van der Waals surface area contributed by atoms with Gasteiger partial charge in [-0.25, -0.2) is 0 Å². The van der Waals surface area contributed by atoms with Gasteiger partial charge in [-0.1, -0.05) is 18.2 Å². The van der Waals surface area contributed by atoms with Gasteiger partial charge in [-0.05, 0) is 60.5 Å². The first-order valence-corrected chi connectivity index (χ1v) is 11.6. The number of para-hydroxylation sites is 2. The molecule has 4 rings (SSSR count). The van der Waals surface area contributed by atoms with Crippen molar-refractivity contribution in [2.75, 3.05) is 38.7 Å². The number of carbonyl (C=O) groups is 2. The summed E-state index contributed by atoms with van der Waals surface area (Å²) in [5, 5.41) is 3.01. The zero-order valence-electron chi connectivity index (χ0n) is 20.8.